The summed E-state index contributed by atoms with van der Waals surface area (Å²) in [5.41, 5.74) is 60.4. The molecule has 0 spiro atoms. The van der Waals surface area contributed by atoms with Crippen molar-refractivity contribution in [1.82, 2.24) is 0 Å². The second kappa shape index (κ2) is 52.3. The molecule has 700 valence electrons. The van der Waals surface area contributed by atoms with E-state index in [9.17, 15) is 0 Å². The number of halogens is 4. The smallest absolute Gasteiger partial charge is 0.0297 e. The van der Waals surface area contributed by atoms with Crippen LogP contribution in [0.1, 0.15) is 235 Å². The molecule has 4 heteroatoms. The fraction of sp³-hybridized carbons (Fsp3) is 0.302. The highest BCUT2D eigenvalue weighted by molar-refractivity contribution is 9.11. The van der Waals surface area contributed by atoms with Gasteiger partial charge in [-0.1, -0.05) is 327 Å². The molecule has 15 rings (SSSR count). The van der Waals surface area contributed by atoms with Gasteiger partial charge in [-0.15, -0.1) is 0 Å². The third-order valence-corrected chi connectivity index (χ3v) is 30.6. The van der Waals surface area contributed by atoms with Crippen LogP contribution in [-0.2, 0) is 11.8 Å². The largest absolute Gasteiger partial charge is 0.0776 e. The van der Waals surface area contributed by atoms with Gasteiger partial charge in [-0.2, -0.15) is 0 Å². The van der Waals surface area contributed by atoms with Gasteiger partial charge in [0, 0.05) is 34.4 Å². The zero-order chi connectivity index (χ0) is 97.5. The first kappa shape index (κ1) is 114. The standard InChI is InChI=1S/C21H28.C18H18Br4.C18H22.C16H18.C15H16.C14H14.C9H12.2C8H10.2CH4/c1-13-9-19(10-14(2)17(13)5)21(7,8)20-11-15(3)18(6)16(4)12-20;1-7-9(3)15(19)13(16(20)10(7)4)14-17(21)11(5)8(2)12(6)18(14)22;1-11-7-17(8-12(2)15(11)5)18-9-13(3)16(6)14(4)10-18;1-11-5-7-15(9-13(11)3)16-8-6-12(2)14(4)10-16;1-12-3-7-14(8-4-12)11-15-9-5-13(2)6-10-15;1-11-3-7-13(8-4-11)14-9-5-12(2)6-10-14;1-7-4-5-8(2)9(3)6-7;1-7-3-5-8(2)6-4-7;1-7-4-3-5-8(2)6-7;;/h9-12H,1-8H3;1-6H3;7-10H,1-6H3;5-10H,1-4H3;3-10H,11H2,1-2H3;3-10H,1-2H3;4-6H,1-3H3;2*3-6H,1-2H3;2*1H4. The molecule has 15 aromatic rings. The van der Waals surface area contributed by atoms with Gasteiger partial charge in [-0.3, -0.25) is 0 Å². The lowest BCUT2D eigenvalue weighted by molar-refractivity contribution is 0.637. The summed E-state index contributed by atoms with van der Waals surface area (Å²) in [6.07, 6.45) is 1.03. The molecular weight excluding hydrogens is 1870 g/mol. The Morgan fingerprint density at radius 2 is 0.376 bits per heavy atom. The van der Waals surface area contributed by atoms with Crippen LogP contribution in [0.15, 0.2) is 267 Å². The lowest BCUT2D eigenvalue weighted by Gasteiger charge is -2.29. The number of rotatable bonds is 8. The molecule has 0 atom stereocenters. The minimum atomic E-state index is 0. The molecule has 133 heavy (non-hydrogen) atoms. The first-order valence-electron chi connectivity index (χ1n) is 46.2. The molecule has 0 fully saturated rings. The van der Waals surface area contributed by atoms with Gasteiger partial charge in [0.05, 0.1) is 0 Å². The van der Waals surface area contributed by atoms with Gasteiger partial charge in [-0.05, 0) is 488 Å². The Bertz CT molecular complexity index is 5870. The first-order chi connectivity index (χ1) is 61.5. The molecule has 0 saturated carbocycles. The van der Waals surface area contributed by atoms with Crippen LogP contribution in [0, 0.1) is 228 Å². The zero-order valence-electron chi connectivity index (χ0n) is 85.9. The van der Waals surface area contributed by atoms with Gasteiger partial charge in [-0.25, -0.2) is 0 Å². The zero-order valence-corrected chi connectivity index (χ0v) is 92.2. The Kier molecular flexibility index (Phi) is 44.8. The summed E-state index contributed by atoms with van der Waals surface area (Å²) in [7, 11) is 0. The average molecular weight is 2030 g/mol. The monoisotopic (exact) mass is 2020 g/mol. The Hall–Kier alpha value is -9.78. The predicted molar refractivity (Wildman–Crippen MR) is 608 cm³/mol. The minimum Gasteiger partial charge on any atom is -0.0776 e. The van der Waals surface area contributed by atoms with Gasteiger partial charge in [0.15, 0.2) is 0 Å². The van der Waals surface area contributed by atoms with E-state index in [1.165, 1.54) is 250 Å². The van der Waals surface area contributed by atoms with E-state index in [0.717, 1.165) is 24.3 Å². The fourth-order valence-electron chi connectivity index (χ4n) is 15.3. The average Bonchev–Trinajstić information content (AvgIpc) is 0.750. The molecule has 0 amide bonds. The van der Waals surface area contributed by atoms with Crippen molar-refractivity contribution in [2.24, 2.45) is 0 Å². The van der Waals surface area contributed by atoms with E-state index in [2.05, 4.69) is 555 Å². The van der Waals surface area contributed by atoms with Crippen molar-refractivity contribution in [3.8, 4) is 44.5 Å². The number of benzene rings is 15. The molecule has 0 aliphatic heterocycles. The number of hydrogen-bond donors (Lipinski definition) is 0. The van der Waals surface area contributed by atoms with Gasteiger partial charge >= 0.3 is 0 Å². The molecular formula is C129H156Br4. The Morgan fingerprint density at radius 3 is 0.609 bits per heavy atom. The van der Waals surface area contributed by atoms with E-state index in [4.69, 9.17) is 0 Å². The van der Waals surface area contributed by atoms with Crippen molar-refractivity contribution in [3.63, 3.8) is 0 Å². The van der Waals surface area contributed by atoms with E-state index in [1.807, 2.05) is 0 Å². The van der Waals surface area contributed by atoms with Crippen LogP contribution >= 0.6 is 63.7 Å². The number of aryl methyl sites for hydroxylation is 23. The highest BCUT2D eigenvalue weighted by Crippen LogP contribution is 2.49. The Labute approximate surface area is 842 Å². The molecule has 0 aromatic heterocycles. The van der Waals surface area contributed by atoms with Crippen LogP contribution in [0.3, 0.4) is 0 Å². The highest BCUT2D eigenvalue weighted by Gasteiger charge is 2.27. The van der Waals surface area contributed by atoms with Crippen molar-refractivity contribution in [3.05, 3.63) is 472 Å². The van der Waals surface area contributed by atoms with E-state index in [-0.39, 0.29) is 20.3 Å². The maximum Gasteiger partial charge on any atom is 0.0297 e. The summed E-state index contributed by atoms with van der Waals surface area (Å²) in [5, 5.41) is 0. The molecule has 0 nitrogen and oxygen atoms in total. The lowest BCUT2D eigenvalue weighted by Crippen LogP contribution is -2.20. The Morgan fingerprint density at radius 1 is 0.173 bits per heavy atom. The maximum absolute atomic E-state index is 3.82. The topological polar surface area (TPSA) is 0 Å². The Balaban J connectivity index is 0.000000269. The predicted octanol–water partition coefficient (Wildman–Crippen LogP) is 40.3. The van der Waals surface area contributed by atoms with E-state index in [1.54, 1.807) is 0 Å². The van der Waals surface area contributed by atoms with Crippen molar-refractivity contribution in [2.45, 2.75) is 269 Å². The summed E-state index contributed by atoms with van der Waals surface area (Å²) >= 11 is 15.3. The molecule has 0 aliphatic rings. The van der Waals surface area contributed by atoms with Gasteiger partial charge in [0.2, 0.25) is 0 Å². The van der Waals surface area contributed by atoms with Crippen molar-refractivity contribution in [2.75, 3.05) is 0 Å². The second-order valence-corrected chi connectivity index (χ2v) is 40.9. The summed E-state index contributed by atoms with van der Waals surface area (Å²) in [5.74, 6) is 0. The number of hydrogen-bond acceptors (Lipinski definition) is 0. The van der Waals surface area contributed by atoms with Crippen molar-refractivity contribution >= 4 is 63.7 Å². The maximum atomic E-state index is 3.82. The molecule has 0 heterocycles. The van der Waals surface area contributed by atoms with Crippen LogP contribution in [0.4, 0.5) is 0 Å². The van der Waals surface area contributed by atoms with Gasteiger partial charge < -0.3 is 0 Å². The van der Waals surface area contributed by atoms with Crippen LogP contribution in [0.25, 0.3) is 44.5 Å². The van der Waals surface area contributed by atoms with Gasteiger partial charge in [0.1, 0.15) is 0 Å². The quantitative estimate of drug-likeness (QED) is 0.142. The molecule has 0 radical (unpaired) electrons. The summed E-state index contributed by atoms with van der Waals surface area (Å²) in [4.78, 5) is 0. The van der Waals surface area contributed by atoms with E-state index < -0.39 is 0 Å². The van der Waals surface area contributed by atoms with E-state index in [0.29, 0.717) is 0 Å². The van der Waals surface area contributed by atoms with Crippen molar-refractivity contribution < 1.29 is 0 Å². The summed E-state index contributed by atoms with van der Waals surface area (Å²) in [6, 6.07) is 90.1. The van der Waals surface area contributed by atoms with Crippen LogP contribution in [0.5, 0.6) is 0 Å². The fourth-order valence-corrected chi connectivity index (χ4v) is 18.6. The molecule has 0 aliphatic carbocycles. The van der Waals surface area contributed by atoms with Crippen LogP contribution in [0.2, 0.25) is 0 Å². The second-order valence-electron chi connectivity index (χ2n) is 37.7. The summed E-state index contributed by atoms with van der Waals surface area (Å²) in [6.45, 7) is 76.0. The molecule has 0 unspecified atom stereocenters. The van der Waals surface area contributed by atoms with Gasteiger partial charge in [0.25, 0.3) is 0 Å². The summed E-state index contributed by atoms with van der Waals surface area (Å²) < 4.78 is 4.58. The normalized spacial score (nSPS) is 10.4. The molecule has 0 N–H and O–H groups in total. The van der Waals surface area contributed by atoms with Crippen LogP contribution < -0.4 is 0 Å². The lowest BCUT2D eigenvalue weighted by atomic mass is 9.75. The molecule has 15 aromatic carbocycles. The highest BCUT2D eigenvalue weighted by atomic mass is 79.9. The van der Waals surface area contributed by atoms with Crippen LogP contribution in [-0.4, -0.2) is 0 Å². The SMILES string of the molecule is C.C.Cc1c(C)c(Br)c(-c2c(Br)c(C)c(C)c(C)c2Br)c(Br)c1C.Cc1cc(-c2cc(C)c(C)c(C)c2)cc(C)c1C.Cc1cc(C(C)(C)c2cc(C)c(C)c(C)c2)cc(C)c1C.Cc1ccc(-c2ccc(C)c(C)c2)cc1C.Cc1ccc(-c2ccc(C)cc2)cc1.Cc1ccc(C)c(C)c1.Cc1ccc(C)cc1.Cc1ccc(Cc2ccc(C)cc2)cc1.Cc1cccc(C)c1. The minimum absolute atomic E-state index is 0. The third kappa shape index (κ3) is 32.5. The molecule has 0 bridgehead atoms. The van der Waals surface area contributed by atoms with E-state index >= 15 is 0 Å². The third-order valence-electron chi connectivity index (χ3n) is 26.7. The molecule has 0 saturated heterocycles. The van der Waals surface area contributed by atoms with Crippen molar-refractivity contribution in [1.29, 1.82) is 0 Å². The first-order valence-corrected chi connectivity index (χ1v) is 49.4.